The average molecular weight is 345 g/mol. The van der Waals surface area contributed by atoms with E-state index in [1.165, 1.54) is 10.6 Å². The number of carbonyl (C=O) groups excluding carboxylic acids is 1. The van der Waals surface area contributed by atoms with Crippen LogP contribution in [0.4, 0.5) is 0 Å². The number of aromatic nitrogens is 1. The van der Waals surface area contributed by atoms with Crippen LogP contribution in [-0.4, -0.2) is 39.0 Å². The van der Waals surface area contributed by atoms with Crippen molar-refractivity contribution in [1.29, 1.82) is 0 Å². The number of rotatable bonds is 2. The molecule has 1 aliphatic rings. The van der Waals surface area contributed by atoms with Gasteiger partial charge in [0.05, 0.1) is 0 Å². The van der Waals surface area contributed by atoms with E-state index in [9.17, 15) is 9.59 Å². The SMILES string of the molecule is CC1SCCN(C(=O)Cn2cc(Br)ccc2=O)C1C. The van der Waals surface area contributed by atoms with Crippen molar-refractivity contribution in [2.24, 2.45) is 0 Å². The van der Waals surface area contributed by atoms with Crippen molar-refractivity contribution in [2.45, 2.75) is 31.7 Å². The molecule has 104 valence electrons. The van der Waals surface area contributed by atoms with Crippen LogP contribution in [0.3, 0.4) is 0 Å². The summed E-state index contributed by atoms with van der Waals surface area (Å²) in [6.07, 6.45) is 1.66. The van der Waals surface area contributed by atoms with Crippen LogP contribution in [-0.2, 0) is 11.3 Å². The van der Waals surface area contributed by atoms with Crippen molar-refractivity contribution in [3.8, 4) is 0 Å². The summed E-state index contributed by atoms with van der Waals surface area (Å²) >= 11 is 5.21. The molecule has 19 heavy (non-hydrogen) atoms. The van der Waals surface area contributed by atoms with Gasteiger partial charge in [0.25, 0.3) is 5.56 Å². The van der Waals surface area contributed by atoms with Gasteiger partial charge in [0.15, 0.2) is 0 Å². The Kier molecular flexibility index (Phi) is 4.73. The fraction of sp³-hybridized carbons (Fsp3) is 0.538. The lowest BCUT2D eigenvalue weighted by Gasteiger charge is -2.37. The highest BCUT2D eigenvalue weighted by atomic mass is 79.9. The number of amides is 1. The first-order valence-electron chi connectivity index (χ1n) is 6.26. The number of halogens is 1. The lowest BCUT2D eigenvalue weighted by molar-refractivity contribution is -0.133. The molecule has 2 rings (SSSR count). The van der Waals surface area contributed by atoms with Crippen LogP contribution in [0, 0.1) is 0 Å². The molecule has 4 nitrogen and oxygen atoms in total. The standard InChI is InChI=1S/C13H17BrN2O2S/c1-9-10(2)19-6-5-16(9)13(18)8-15-7-11(14)3-4-12(15)17/h3-4,7,9-10H,5-6,8H2,1-2H3. The maximum absolute atomic E-state index is 12.3. The first-order chi connectivity index (χ1) is 8.99. The minimum Gasteiger partial charge on any atom is -0.337 e. The molecule has 1 fully saturated rings. The quantitative estimate of drug-likeness (QED) is 0.823. The Morgan fingerprint density at radius 1 is 1.47 bits per heavy atom. The molecule has 2 atom stereocenters. The second-order valence-corrected chi connectivity index (χ2v) is 7.12. The first-order valence-corrected chi connectivity index (χ1v) is 8.10. The highest BCUT2D eigenvalue weighted by Crippen LogP contribution is 2.24. The molecule has 1 saturated heterocycles. The predicted molar refractivity (Wildman–Crippen MR) is 81.5 cm³/mol. The molecule has 0 radical (unpaired) electrons. The Hall–Kier alpha value is -0.750. The van der Waals surface area contributed by atoms with E-state index in [1.807, 2.05) is 16.7 Å². The fourth-order valence-corrected chi connectivity index (χ4v) is 3.63. The second kappa shape index (κ2) is 6.13. The van der Waals surface area contributed by atoms with Gasteiger partial charge in [-0.1, -0.05) is 6.92 Å². The Labute approximate surface area is 125 Å². The van der Waals surface area contributed by atoms with Crippen molar-refractivity contribution < 1.29 is 4.79 Å². The lowest BCUT2D eigenvalue weighted by Crippen LogP contribution is -2.49. The van der Waals surface area contributed by atoms with Gasteiger partial charge in [-0.2, -0.15) is 11.8 Å². The Morgan fingerprint density at radius 3 is 2.95 bits per heavy atom. The largest absolute Gasteiger partial charge is 0.337 e. The molecule has 2 heterocycles. The molecule has 0 spiro atoms. The molecule has 0 aliphatic carbocycles. The Bertz CT molecular complexity index is 532. The van der Waals surface area contributed by atoms with E-state index in [2.05, 4.69) is 29.8 Å². The molecule has 1 aromatic rings. The van der Waals surface area contributed by atoms with Crippen molar-refractivity contribution >= 4 is 33.6 Å². The maximum Gasteiger partial charge on any atom is 0.251 e. The van der Waals surface area contributed by atoms with Crippen LogP contribution in [0.2, 0.25) is 0 Å². The third kappa shape index (κ3) is 3.42. The van der Waals surface area contributed by atoms with Gasteiger partial charge in [-0.15, -0.1) is 0 Å². The van der Waals surface area contributed by atoms with Gasteiger partial charge in [0.2, 0.25) is 5.91 Å². The molecule has 1 amide bonds. The van der Waals surface area contributed by atoms with Crippen LogP contribution >= 0.6 is 27.7 Å². The molecule has 0 aromatic carbocycles. The third-order valence-corrected chi connectivity index (χ3v) is 5.26. The van der Waals surface area contributed by atoms with Crippen molar-refractivity contribution in [3.05, 3.63) is 33.2 Å². The van der Waals surface area contributed by atoms with E-state index in [4.69, 9.17) is 0 Å². The summed E-state index contributed by atoms with van der Waals surface area (Å²) in [5.41, 5.74) is -0.149. The summed E-state index contributed by atoms with van der Waals surface area (Å²) in [4.78, 5) is 25.9. The molecule has 0 bridgehead atoms. The molecule has 1 aromatic heterocycles. The highest BCUT2D eigenvalue weighted by Gasteiger charge is 2.28. The first kappa shape index (κ1) is 14.7. The number of nitrogens with zero attached hydrogens (tertiary/aromatic N) is 2. The Balaban J connectivity index is 2.12. The van der Waals surface area contributed by atoms with Gasteiger partial charge < -0.3 is 9.47 Å². The average Bonchev–Trinajstić information content (AvgIpc) is 2.37. The number of carbonyl (C=O) groups is 1. The van der Waals surface area contributed by atoms with Crippen LogP contribution < -0.4 is 5.56 Å². The summed E-state index contributed by atoms with van der Waals surface area (Å²) in [6.45, 7) is 5.08. The van der Waals surface area contributed by atoms with Crippen LogP contribution in [0.25, 0.3) is 0 Å². The molecular weight excluding hydrogens is 328 g/mol. The number of hydrogen-bond acceptors (Lipinski definition) is 3. The van der Waals surface area contributed by atoms with Crippen LogP contribution in [0.15, 0.2) is 27.6 Å². The van der Waals surface area contributed by atoms with Gasteiger partial charge in [0, 0.05) is 40.3 Å². The van der Waals surface area contributed by atoms with Crippen LogP contribution in [0.1, 0.15) is 13.8 Å². The topological polar surface area (TPSA) is 42.3 Å². The van der Waals surface area contributed by atoms with Gasteiger partial charge in [-0.05, 0) is 28.9 Å². The molecule has 0 N–H and O–H groups in total. The number of pyridine rings is 1. The highest BCUT2D eigenvalue weighted by molar-refractivity contribution is 9.10. The summed E-state index contributed by atoms with van der Waals surface area (Å²) in [7, 11) is 0. The summed E-state index contributed by atoms with van der Waals surface area (Å²) < 4.78 is 2.25. The van der Waals surface area contributed by atoms with Gasteiger partial charge in [-0.25, -0.2) is 0 Å². The molecular formula is C13H17BrN2O2S. The Morgan fingerprint density at radius 2 is 2.21 bits per heavy atom. The third-order valence-electron chi connectivity index (χ3n) is 3.46. The lowest BCUT2D eigenvalue weighted by atomic mass is 10.2. The zero-order valence-corrected chi connectivity index (χ0v) is 13.4. The van der Waals surface area contributed by atoms with Crippen molar-refractivity contribution in [3.63, 3.8) is 0 Å². The smallest absolute Gasteiger partial charge is 0.251 e. The second-order valence-electron chi connectivity index (χ2n) is 4.72. The molecule has 2 unspecified atom stereocenters. The number of hydrogen-bond donors (Lipinski definition) is 0. The molecule has 6 heteroatoms. The molecule has 1 aliphatic heterocycles. The normalized spacial score (nSPS) is 23.4. The maximum atomic E-state index is 12.3. The number of thioether (sulfide) groups is 1. The van der Waals surface area contributed by atoms with E-state index in [-0.39, 0.29) is 24.1 Å². The summed E-state index contributed by atoms with van der Waals surface area (Å²) in [5, 5.41) is 0.442. The predicted octanol–water partition coefficient (Wildman–Crippen LogP) is 1.96. The monoisotopic (exact) mass is 344 g/mol. The van der Waals surface area contributed by atoms with Gasteiger partial charge >= 0.3 is 0 Å². The van der Waals surface area contributed by atoms with E-state index >= 15 is 0 Å². The minimum absolute atomic E-state index is 0.0138. The van der Waals surface area contributed by atoms with E-state index in [1.54, 1.807) is 12.3 Å². The zero-order chi connectivity index (χ0) is 14.0. The van der Waals surface area contributed by atoms with E-state index in [0.29, 0.717) is 5.25 Å². The van der Waals surface area contributed by atoms with Crippen LogP contribution in [0.5, 0.6) is 0 Å². The zero-order valence-electron chi connectivity index (χ0n) is 11.0. The summed E-state index contributed by atoms with van der Waals surface area (Å²) in [6, 6.07) is 3.37. The van der Waals surface area contributed by atoms with Gasteiger partial charge in [-0.3, -0.25) is 9.59 Å². The van der Waals surface area contributed by atoms with E-state index < -0.39 is 0 Å². The molecule has 0 saturated carbocycles. The summed E-state index contributed by atoms with van der Waals surface area (Å²) in [5.74, 6) is 0.977. The minimum atomic E-state index is -0.149. The van der Waals surface area contributed by atoms with E-state index in [0.717, 1.165) is 16.8 Å². The van der Waals surface area contributed by atoms with Gasteiger partial charge in [0.1, 0.15) is 6.54 Å². The fourth-order valence-electron chi connectivity index (χ4n) is 2.15. The van der Waals surface area contributed by atoms with Crippen molar-refractivity contribution in [2.75, 3.05) is 12.3 Å². The van der Waals surface area contributed by atoms with Crippen molar-refractivity contribution in [1.82, 2.24) is 9.47 Å².